The third kappa shape index (κ3) is 5.05. The van der Waals surface area contributed by atoms with Gasteiger partial charge in [-0.25, -0.2) is 4.79 Å². The monoisotopic (exact) mass is 348 g/mol. The van der Waals surface area contributed by atoms with Crippen LogP contribution in [0.4, 0.5) is 0 Å². The van der Waals surface area contributed by atoms with E-state index >= 15 is 0 Å². The number of nitrogens with one attached hydrogen (secondary N) is 2. The molecule has 23 heavy (non-hydrogen) atoms. The average molecular weight is 349 g/mol. The Balaban J connectivity index is 1.86. The summed E-state index contributed by atoms with van der Waals surface area (Å²) >= 11 is 10.8. The van der Waals surface area contributed by atoms with Gasteiger partial charge in [-0.2, -0.15) is 0 Å². The maximum atomic E-state index is 12.0. The molecule has 118 valence electrons. The number of carboxylic acid groups (broad SMARTS) is 1. The van der Waals surface area contributed by atoms with Gasteiger partial charge in [-0.15, -0.1) is 0 Å². The van der Waals surface area contributed by atoms with Crippen molar-refractivity contribution >= 4 is 40.8 Å². The van der Waals surface area contributed by atoms with Crippen molar-refractivity contribution in [1.29, 1.82) is 0 Å². The van der Waals surface area contributed by atoms with Gasteiger partial charge >= 0.3 is 5.97 Å². The van der Waals surface area contributed by atoms with Gasteiger partial charge in [-0.3, -0.25) is 10.1 Å². The van der Waals surface area contributed by atoms with Crippen LogP contribution in [0, 0.1) is 0 Å². The zero-order valence-corrected chi connectivity index (χ0v) is 13.4. The first-order valence-corrected chi connectivity index (χ1v) is 7.41. The number of aromatic carboxylic acids is 1. The van der Waals surface area contributed by atoms with Crippen LogP contribution in [0.2, 0.25) is 5.02 Å². The van der Waals surface area contributed by atoms with Crippen LogP contribution >= 0.6 is 23.8 Å². The van der Waals surface area contributed by atoms with Gasteiger partial charge in [-0.05, 0) is 54.2 Å². The van der Waals surface area contributed by atoms with E-state index in [0.29, 0.717) is 17.1 Å². The lowest BCUT2D eigenvalue weighted by atomic mass is 10.1. The first kappa shape index (κ1) is 16.9. The standard InChI is InChI=1S/C16H13ClN2O3S/c17-13-7-5-11(6-8-13)14(20)19-16(23)18-9-10-1-3-12(4-2-10)15(21)22/h1-8H,9H2,(H,21,22)(H2,18,19,20,23). The second-order valence-electron chi connectivity index (χ2n) is 4.65. The maximum Gasteiger partial charge on any atom is 0.335 e. The summed E-state index contributed by atoms with van der Waals surface area (Å²) in [6, 6.07) is 12.8. The summed E-state index contributed by atoms with van der Waals surface area (Å²) in [5.74, 6) is -1.31. The Hall–Kier alpha value is -2.44. The number of carboxylic acids is 1. The Labute approximate surface area is 143 Å². The van der Waals surface area contributed by atoms with E-state index in [9.17, 15) is 9.59 Å². The number of thiocarbonyl (C=S) groups is 1. The van der Waals surface area contributed by atoms with Gasteiger partial charge in [0.1, 0.15) is 0 Å². The van der Waals surface area contributed by atoms with E-state index in [1.807, 2.05) is 0 Å². The molecule has 0 heterocycles. The second-order valence-corrected chi connectivity index (χ2v) is 5.49. The first-order valence-electron chi connectivity index (χ1n) is 6.62. The van der Waals surface area contributed by atoms with Gasteiger partial charge in [0, 0.05) is 17.1 Å². The topological polar surface area (TPSA) is 78.4 Å². The van der Waals surface area contributed by atoms with E-state index in [-0.39, 0.29) is 16.6 Å². The fourth-order valence-electron chi connectivity index (χ4n) is 1.77. The summed E-state index contributed by atoms with van der Waals surface area (Å²) in [7, 11) is 0. The highest BCUT2D eigenvalue weighted by Crippen LogP contribution is 2.09. The minimum absolute atomic E-state index is 0.187. The number of halogens is 1. The molecule has 1 amide bonds. The summed E-state index contributed by atoms with van der Waals surface area (Å²) in [5, 5.41) is 15.0. The molecule has 3 N–H and O–H groups in total. The van der Waals surface area contributed by atoms with Crippen LogP contribution in [-0.2, 0) is 6.54 Å². The van der Waals surface area contributed by atoms with Crippen molar-refractivity contribution in [2.45, 2.75) is 6.54 Å². The summed E-state index contributed by atoms with van der Waals surface area (Å²) in [5.41, 5.74) is 1.51. The van der Waals surface area contributed by atoms with Crippen LogP contribution in [0.25, 0.3) is 0 Å². The van der Waals surface area contributed by atoms with Crippen molar-refractivity contribution in [2.75, 3.05) is 0 Å². The van der Waals surface area contributed by atoms with Gasteiger partial charge in [-0.1, -0.05) is 23.7 Å². The molecule has 2 aromatic rings. The fourth-order valence-corrected chi connectivity index (χ4v) is 2.06. The number of carbonyl (C=O) groups excluding carboxylic acids is 1. The van der Waals surface area contributed by atoms with Crippen LogP contribution in [-0.4, -0.2) is 22.1 Å². The van der Waals surface area contributed by atoms with E-state index in [1.165, 1.54) is 12.1 Å². The van der Waals surface area contributed by atoms with Crippen LogP contribution in [0.3, 0.4) is 0 Å². The van der Waals surface area contributed by atoms with Crippen molar-refractivity contribution in [3.63, 3.8) is 0 Å². The van der Waals surface area contributed by atoms with E-state index in [4.69, 9.17) is 28.9 Å². The lowest BCUT2D eigenvalue weighted by molar-refractivity contribution is 0.0696. The molecule has 0 unspecified atom stereocenters. The summed E-state index contributed by atoms with van der Waals surface area (Å²) in [6.07, 6.45) is 0. The normalized spacial score (nSPS) is 9.96. The number of carbonyl (C=O) groups is 2. The van der Waals surface area contributed by atoms with E-state index in [2.05, 4.69) is 10.6 Å². The quantitative estimate of drug-likeness (QED) is 0.740. The second kappa shape index (κ2) is 7.71. The lowest BCUT2D eigenvalue weighted by Gasteiger charge is -2.10. The third-order valence-corrected chi connectivity index (χ3v) is 3.49. The molecule has 0 aliphatic heterocycles. The van der Waals surface area contributed by atoms with Crippen molar-refractivity contribution < 1.29 is 14.7 Å². The molecule has 0 fully saturated rings. The molecule has 0 aliphatic carbocycles. The SMILES string of the molecule is O=C(O)c1ccc(CNC(=S)NC(=O)c2ccc(Cl)cc2)cc1. The Morgan fingerprint density at radius 3 is 2.13 bits per heavy atom. The van der Waals surface area contributed by atoms with Crippen LogP contribution < -0.4 is 10.6 Å². The molecule has 7 heteroatoms. The van der Waals surface area contributed by atoms with Crippen LogP contribution in [0.5, 0.6) is 0 Å². The van der Waals surface area contributed by atoms with Gasteiger partial charge in [0.25, 0.3) is 5.91 Å². The molecule has 0 atom stereocenters. The Morgan fingerprint density at radius 1 is 1.00 bits per heavy atom. The predicted molar refractivity (Wildman–Crippen MR) is 91.8 cm³/mol. The summed E-state index contributed by atoms with van der Waals surface area (Å²) < 4.78 is 0. The number of benzene rings is 2. The molecule has 0 aliphatic rings. The van der Waals surface area contributed by atoms with Gasteiger partial charge in [0.05, 0.1) is 5.56 Å². The highest BCUT2D eigenvalue weighted by atomic mass is 35.5. The molecule has 2 rings (SSSR count). The zero-order chi connectivity index (χ0) is 16.8. The zero-order valence-electron chi connectivity index (χ0n) is 11.9. The van der Waals surface area contributed by atoms with Gasteiger partial charge in [0.15, 0.2) is 5.11 Å². The first-order chi connectivity index (χ1) is 11.0. The van der Waals surface area contributed by atoms with E-state index in [1.54, 1.807) is 36.4 Å². The smallest absolute Gasteiger partial charge is 0.335 e. The Bertz CT molecular complexity index is 730. The van der Waals surface area contributed by atoms with E-state index < -0.39 is 5.97 Å². The summed E-state index contributed by atoms with van der Waals surface area (Å²) in [6.45, 7) is 0.375. The van der Waals surface area contributed by atoms with Gasteiger partial charge in [0.2, 0.25) is 0 Å². The molecular formula is C16H13ClN2O3S. The highest BCUT2D eigenvalue weighted by molar-refractivity contribution is 7.80. The number of amides is 1. The third-order valence-electron chi connectivity index (χ3n) is 2.99. The average Bonchev–Trinajstić information content (AvgIpc) is 2.54. The molecular weight excluding hydrogens is 336 g/mol. The maximum absolute atomic E-state index is 12.0. The highest BCUT2D eigenvalue weighted by Gasteiger charge is 2.07. The predicted octanol–water partition coefficient (Wildman–Crippen LogP) is 2.84. The van der Waals surface area contributed by atoms with Crippen molar-refractivity contribution in [3.05, 3.63) is 70.2 Å². The Morgan fingerprint density at radius 2 is 1.57 bits per heavy atom. The minimum atomic E-state index is -0.977. The van der Waals surface area contributed by atoms with Gasteiger partial charge < -0.3 is 10.4 Å². The largest absolute Gasteiger partial charge is 0.478 e. The van der Waals surface area contributed by atoms with Crippen LogP contribution in [0.1, 0.15) is 26.3 Å². The fraction of sp³-hybridized carbons (Fsp3) is 0.0625. The molecule has 0 saturated carbocycles. The van der Waals surface area contributed by atoms with Crippen molar-refractivity contribution in [2.24, 2.45) is 0 Å². The molecule has 0 aromatic heterocycles. The lowest BCUT2D eigenvalue weighted by Crippen LogP contribution is -2.38. The molecule has 0 radical (unpaired) electrons. The molecule has 0 spiro atoms. The molecule has 2 aromatic carbocycles. The van der Waals surface area contributed by atoms with Crippen molar-refractivity contribution in [1.82, 2.24) is 10.6 Å². The molecule has 0 bridgehead atoms. The molecule has 5 nitrogen and oxygen atoms in total. The molecule has 0 saturated heterocycles. The van der Waals surface area contributed by atoms with Crippen molar-refractivity contribution in [3.8, 4) is 0 Å². The van der Waals surface area contributed by atoms with Crippen LogP contribution in [0.15, 0.2) is 48.5 Å². The minimum Gasteiger partial charge on any atom is -0.478 e. The Kier molecular flexibility index (Phi) is 5.67. The number of rotatable bonds is 4. The number of hydrogen-bond acceptors (Lipinski definition) is 3. The number of hydrogen-bond donors (Lipinski definition) is 3. The van der Waals surface area contributed by atoms with E-state index in [0.717, 1.165) is 5.56 Å². The summed E-state index contributed by atoms with van der Waals surface area (Å²) in [4.78, 5) is 22.7.